The summed E-state index contributed by atoms with van der Waals surface area (Å²) in [7, 11) is 0. The molecule has 10 heteroatoms. The number of amides is 1. The highest BCUT2D eigenvalue weighted by molar-refractivity contribution is 8.00. The minimum atomic E-state index is -4.75. The van der Waals surface area contributed by atoms with E-state index in [1.165, 1.54) is 36.4 Å². The molecule has 0 fully saturated rings. The molecule has 1 aromatic heterocycles. The number of primary amides is 1. The summed E-state index contributed by atoms with van der Waals surface area (Å²) in [5, 5.41) is -1.19. The third-order valence-corrected chi connectivity index (χ3v) is 6.07. The number of nitrogens with zero attached hydrogens (tertiary/aromatic N) is 2. The van der Waals surface area contributed by atoms with Crippen LogP contribution < -0.4 is 11.3 Å². The fraction of sp³-hybridized carbons (Fsp3) is 0.0870. The molecular formula is C23H15F4N3O2S. The molecule has 0 saturated heterocycles. The number of benzene rings is 3. The summed E-state index contributed by atoms with van der Waals surface area (Å²) in [6.07, 6.45) is -4.75. The highest BCUT2D eigenvalue weighted by atomic mass is 32.2. The van der Waals surface area contributed by atoms with Crippen molar-refractivity contribution in [3.63, 3.8) is 0 Å². The number of nitrogens with two attached hydrogens (primary N) is 1. The van der Waals surface area contributed by atoms with Gasteiger partial charge in [0.15, 0.2) is 5.16 Å². The average Bonchev–Trinajstić information content (AvgIpc) is 2.78. The Hall–Kier alpha value is -3.66. The van der Waals surface area contributed by atoms with Crippen LogP contribution in [0.4, 0.5) is 17.6 Å². The number of carbonyl (C=O) groups excluding carboxylic acids is 1. The minimum absolute atomic E-state index is 0.108. The van der Waals surface area contributed by atoms with Gasteiger partial charge in [-0.3, -0.25) is 14.2 Å². The van der Waals surface area contributed by atoms with E-state index in [4.69, 9.17) is 5.73 Å². The van der Waals surface area contributed by atoms with Gasteiger partial charge in [-0.1, -0.05) is 48.2 Å². The lowest BCUT2D eigenvalue weighted by atomic mass is 10.1. The quantitative estimate of drug-likeness (QED) is 0.255. The SMILES string of the molecule is NC(=O)[C@@H](Sc1nc2ccccc2c(=O)n1-c1ccccc1C(F)(F)F)c1ccc(F)cc1. The van der Waals surface area contributed by atoms with E-state index >= 15 is 0 Å². The van der Waals surface area contributed by atoms with Gasteiger partial charge >= 0.3 is 6.18 Å². The van der Waals surface area contributed by atoms with Gasteiger partial charge in [0.1, 0.15) is 11.1 Å². The molecule has 0 saturated carbocycles. The van der Waals surface area contributed by atoms with Crippen molar-refractivity contribution in [3.8, 4) is 5.69 Å². The minimum Gasteiger partial charge on any atom is -0.368 e. The van der Waals surface area contributed by atoms with Gasteiger partial charge in [-0.2, -0.15) is 13.2 Å². The molecule has 1 amide bonds. The monoisotopic (exact) mass is 473 g/mol. The predicted octanol–water partition coefficient (Wildman–Crippen LogP) is 4.86. The van der Waals surface area contributed by atoms with Crippen LogP contribution in [0.1, 0.15) is 16.4 Å². The summed E-state index contributed by atoms with van der Waals surface area (Å²) in [4.78, 5) is 29.9. The number of para-hydroxylation sites is 2. The molecule has 0 aliphatic heterocycles. The second kappa shape index (κ2) is 8.70. The van der Waals surface area contributed by atoms with Gasteiger partial charge in [-0.05, 0) is 42.0 Å². The molecule has 0 aliphatic rings. The second-order valence-electron chi connectivity index (χ2n) is 7.02. The van der Waals surface area contributed by atoms with Crippen molar-refractivity contribution in [1.82, 2.24) is 9.55 Å². The van der Waals surface area contributed by atoms with E-state index in [0.717, 1.165) is 28.8 Å². The van der Waals surface area contributed by atoms with Crippen molar-refractivity contribution in [2.75, 3.05) is 0 Å². The lowest BCUT2D eigenvalue weighted by molar-refractivity contribution is -0.137. The molecule has 2 N–H and O–H groups in total. The van der Waals surface area contributed by atoms with Crippen LogP contribution in [0, 0.1) is 5.82 Å². The van der Waals surface area contributed by atoms with E-state index in [1.54, 1.807) is 12.1 Å². The lowest BCUT2D eigenvalue weighted by Gasteiger charge is -2.20. The summed E-state index contributed by atoms with van der Waals surface area (Å²) in [6, 6.07) is 15.7. The normalized spacial score (nSPS) is 12.6. The van der Waals surface area contributed by atoms with Gasteiger partial charge in [-0.25, -0.2) is 9.37 Å². The summed E-state index contributed by atoms with van der Waals surface area (Å²) in [5.74, 6) is -1.36. The van der Waals surface area contributed by atoms with Crippen LogP contribution in [0.5, 0.6) is 0 Å². The van der Waals surface area contributed by atoms with Gasteiger partial charge < -0.3 is 5.73 Å². The average molecular weight is 473 g/mol. The van der Waals surface area contributed by atoms with Crippen LogP contribution in [0.2, 0.25) is 0 Å². The molecule has 168 valence electrons. The third-order valence-electron chi connectivity index (χ3n) is 4.85. The Morgan fingerprint density at radius 1 is 0.970 bits per heavy atom. The zero-order valence-electron chi connectivity index (χ0n) is 16.7. The number of aromatic nitrogens is 2. The predicted molar refractivity (Wildman–Crippen MR) is 117 cm³/mol. The first kappa shape index (κ1) is 22.5. The Kier molecular flexibility index (Phi) is 5.94. The van der Waals surface area contributed by atoms with Crippen molar-refractivity contribution in [2.24, 2.45) is 5.73 Å². The molecule has 1 heterocycles. The van der Waals surface area contributed by atoms with E-state index in [-0.39, 0.29) is 16.1 Å². The van der Waals surface area contributed by atoms with Crippen LogP contribution in [0.3, 0.4) is 0 Å². The van der Waals surface area contributed by atoms with E-state index in [2.05, 4.69) is 4.98 Å². The van der Waals surface area contributed by atoms with Crippen molar-refractivity contribution in [3.05, 3.63) is 100 Å². The number of hydrogen-bond donors (Lipinski definition) is 1. The first-order valence-corrected chi connectivity index (χ1v) is 10.4. The Labute approximate surface area is 188 Å². The Morgan fingerprint density at radius 3 is 2.27 bits per heavy atom. The number of alkyl halides is 3. The molecule has 33 heavy (non-hydrogen) atoms. The van der Waals surface area contributed by atoms with Crippen molar-refractivity contribution < 1.29 is 22.4 Å². The standard InChI is InChI=1S/C23H15F4N3O2S/c24-14-11-9-13(10-12-14)19(20(28)31)33-22-29-17-7-3-1-5-15(17)21(32)30(22)18-8-4-2-6-16(18)23(25,26)27/h1-12,19H,(H2,28,31)/t19-/m0/s1. The second-order valence-corrected chi connectivity index (χ2v) is 8.09. The summed E-state index contributed by atoms with van der Waals surface area (Å²) in [5.41, 5.74) is 3.90. The maximum absolute atomic E-state index is 13.8. The summed E-state index contributed by atoms with van der Waals surface area (Å²) < 4.78 is 55.4. The number of halogens is 4. The first-order valence-electron chi connectivity index (χ1n) is 9.56. The number of fused-ring (bicyclic) bond motifs is 1. The van der Waals surface area contributed by atoms with E-state index < -0.39 is 40.0 Å². The van der Waals surface area contributed by atoms with E-state index in [9.17, 15) is 27.2 Å². The molecule has 0 spiro atoms. The number of rotatable bonds is 5. The van der Waals surface area contributed by atoms with Gasteiger partial charge in [0.25, 0.3) is 5.56 Å². The van der Waals surface area contributed by atoms with Gasteiger partial charge in [0.2, 0.25) is 5.91 Å². The Morgan fingerprint density at radius 2 is 1.61 bits per heavy atom. The maximum Gasteiger partial charge on any atom is 0.418 e. The molecule has 4 rings (SSSR count). The van der Waals surface area contributed by atoms with Crippen LogP contribution in [0.25, 0.3) is 16.6 Å². The van der Waals surface area contributed by atoms with Crippen LogP contribution >= 0.6 is 11.8 Å². The van der Waals surface area contributed by atoms with Crippen LogP contribution in [-0.4, -0.2) is 15.5 Å². The number of hydrogen-bond acceptors (Lipinski definition) is 4. The largest absolute Gasteiger partial charge is 0.418 e. The van der Waals surface area contributed by atoms with Gasteiger partial charge in [0, 0.05) is 0 Å². The fourth-order valence-electron chi connectivity index (χ4n) is 3.35. The maximum atomic E-state index is 13.8. The Balaban J connectivity index is 1.98. The number of carbonyl (C=O) groups is 1. The van der Waals surface area contributed by atoms with E-state index in [1.807, 2.05) is 0 Å². The van der Waals surface area contributed by atoms with Crippen molar-refractivity contribution in [2.45, 2.75) is 16.6 Å². The molecule has 0 bridgehead atoms. The van der Waals surface area contributed by atoms with Gasteiger partial charge in [0.05, 0.1) is 22.2 Å². The zero-order chi connectivity index (χ0) is 23.8. The van der Waals surface area contributed by atoms with Gasteiger partial charge in [-0.15, -0.1) is 0 Å². The molecule has 4 aromatic rings. The van der Waals surface area contributed by atoms with Crippen LogP contribution in [0.15, 0.2) is 82.7 Å². The topological polar surface area (TPSA) is 78.0 Å². The smallest absolute Gasteiger partial charge is 0.368 e. The highest BCUT2D eigenvalue weighted by Gasteiger charge is 2.35. The molecule has 3 aromatic carbocycles. The Bertz CT molecular complexity index is 1400. The summed E-state index contributed by atoms with van der Waals surface area (Å²) >= 11 is 0.713. The number of thioether (sulfide) groups is 1. The molecule has 0 radical (unpaired) electrons. The molecule has 1 atom stereocenters. The lowest BCUT2D eigenvalue weighted by Crippen LogP contribution is -2.26. The first-order chi connectivity index (χ1) is 15.7. The van der Waals surface area contributed by atoms with E-state index in [0.29, 0.717) is 17.3 Å². The molecular weight excluding hydrogens is 458 g/mol. The molecule has 0 unspecified atom stereocenters. The van der Waals surface area contributed by atoms with Crippen molar-refractivity contribution >= 4 is 28.6 Å². The summed E-state index contributed by atoms with van der Waals surface area (Å²) in [6.45, 7) is 0. The highest BCUT2D eigenvalue weighted by Crippen LogP contribution is 2.38. The third kappa shape index (κ3) is 4.47. The zero-order valence-corrected chi connectivity index (χ0v) is 17.5. The molecule has 5 nitrogen and oxygen atoms in total. The van der Waals surface area contributed by atoms with Crippen LogP contribution in [-0.2, 0) is 11.0 Å². The fourth-order valence-corrected chi connectivity index (χ4v) is 4.40. The van der Waals surface area contributed by atoms with Crippen molar-refractivity contribution in [1.29, 1.82) is 0 Å². The molecule has 0 aliphatic carbocycles.